The molecule has 0 saturated carbocycles. The van der Waals surface area contributed by atoms with Gasteiger partial charge < -0.3 is 15.3 Å². The molecule has 3 N–H and O–H groups in total. The Balaban J connectivity index is 3.31. The van der Waals surface area contributed by atoms with Gasteiger partial charge in [-0.1, -0.05) is 6.07 Å². The van der Waals surface area contributed by atoms with Crippen molar-refractivity contribution in [2.24, 2.45) is 0 Å². The summed E-state index contributed by atoms with van der Waals surface area (Å²) in [6.45, 7) is 0. The number of benzene rings is 1. The van der Waals surface area contributed by atoms with E-state index in [1.807, 2.05) is 0 Å². The molecule has 2 atom stereocenters. The van der Waals surface area contributed by atoms with E-state index in [2.05, 4.69) is 0 Å². The fraction of sp³-hybridized carbons (Fsp3) is 0.300. The first-order chi connectivity index (χ1) is 9.05. The maximum atomic E-state index is 12.5. The van der Waals surface area contributed by atoms with Crippen molar-refractivity contribution >= 4 is 11.7 Å². The molecule has 2 unspecified atom stereocenters. The van der Waals surface area contributed by atoms with E-state index in [0.29, 0.717) is 18.2 Å². The monoisotopic (exact) mass is 295 g/mol. The van der Waals surface area contributed by atoms with Crippen LogP contribution in [0, 0.1) is 10.1 Å². The van der Waals surface area contributed by atoms with Crippen molar-refractivity contribution < 1.29 is 38.2 Å². The molecule has 0 saturated heterocycles. The van der Waals surface area contributed by atoms with Gasteiger partial charge in [-0.3, -0.25) is 10.1 Å². The Morgan fingerprint density at radius 1 is 1.30 bits per heavy atom. The lowest BCUT2D eigenvalue weighted by Gasteiger charge is -2.15. The number of hydrogen-bond acceptors (Lipinski definition) is 5. The van der Waals surface area contributed by atoms with Crippen LogP contribution < -0.4 is 0 Å². The maximum Gasteiger partial charge on any atom is 0.422 e. The van der Waals surface area contributed by atoms with Crippen molar-refractivity contribution in [3.8, 4) is 0 Å². The molecule has 10 heteroatoms. The lowest BCUT2D eigenvalue weighted by molar-refractivity contribution is -0.388. The van der Waals surface area contributed by atoms with Crippen LogP contribution in [0.2, 0.25) is 0 Å². The Morgan fingerprint density at radius 2 is 1.85 bits per heavy atom. The quantitative estimate of drug-likeness (QED) is 0.565. The van der Waals surface area contributed by atoms with Crippen LogP contribution >= 0.6 is 0 Å². The van der Waals surface area contributed by atoms with Crippen LogP contribution in [0.5, 0.6) is 0 Å². The first kappa shape index (κ1) is 15.9. The molecular formula is C10H8F3NO6. The van der Waals surface area contributed by atoms with Crippen molar-refractivity contribution in [1.82, 2.24) is 0 Å². The van der Waals surface area contributed by atoms with Crippen molar-refractivity contribution in [3.05, 3.63) is 39.4 Å². The van der Waals surface area contributed by atoms with E-state index >= 15 is 0 Å². The van der Waals surface area contributed by atoms with Crippen LogP contribution in [0.4, 0.5) is 18.9 Å². The standard InChI is InChI=1S/C10H8F3NO6/c11-10(12,13)5-2-1-4(3-6(5)14(19)20)7(15)8(16)9(17)18/h1-3,7-8,15-16H,(H,17,18). The lowest BCUT2D eigenvalue weighted by Crippen LogP contribution is -2.27. The number of hydrogen-bond donors (Lipinski definition) is 3. The van der Waals surface area contributed by atoms with Crippen LogP contribution in [0.25, 0.3) is 0 Å². The second-order valence-electron chi connectivity index (χ2n) is 3.76. The SMILES string of the molecule is O=C(O)C(O)C(O)c1ccc(C(F)(F)F)c([N+](=O)[O-])c1. The number of carbonyl (C=O) groups is 1. The van der Waals surface area contributed by atoms with Gasteiger partial charge in [-0.25, -0.2) is 4.79 Å². The Morgan fingerprint density at radius 3 is 2.25 bits per heavy atom. The minimum Gasteiger partial charge on any atom is -0.479 e. The molecule has 20 heavy (non-hydrogen) atoms. The average molecular weight is 295 g/mol. The zero-order chi connectivity index (χ0) is 15.7. The zero-order valence-electron chi connectivity index (χ0n) is 9.53. The van der Waals surface area contributed by atoms with Gasteiger partial charge in [0.25, 0.3) is 5.69 Å². The molecule has 110 valence electrons. The zero-order valence-corrected chi connectivity index (χ0v) is 9.53. The summed E-state index contributed by atoms with van der Waals surface area (Å²) in [6.07, 6.45) is -9.38. The number of rotatable bonds is 4. The number of nitro groups is 1. The molecule has 0 bridgehead atoms. The molecule has 1 rings (SSSR count). The molecule has 0 spiro atoms. The highest BCUT2D eigenvalue weighted by Gasteiger charge is 2.39. The molecule has 1 aromatic carbocycles. The third-order valence-electron chi connectivity index (χ3n) is 2.42. The van der Waals surface area contributed by atoms with Gasteiger partial charge in [0, 0.05) is 6.07 Å². The smallest absolute Gasteiger partial charge is 0.422 e. The topological polar surface area (TPSA) is 121 Å². The number of halogens is 3. The third-order valence-corrected chi connectivity index (χ3v) is 2.42. The summed E-state index contributed by atoms with van der Waals surface area (Å²) in [5.41, 5.74) is -3.39. The minimum absolute atomic E-state index is 0.339. The van der Waals surface area contributed by atoms with E-state index in [0.717, 1.165) is 0 Å². The van der Waals surface area contributed by atoms with Crippen molar-refractivity contribution in [2.45, 2.75) is 18.4 Å². The maximum absolute atomic E-state index is 12.5. The number of carboxylic acids is 1. The summed E-state index contributed by atoms with van der Waals surface area (Å²) in [5.74, 6) is -1.82. The van der Waals surface area contributed by atoms with E-state index in [9.17, 15) is 33.2 Å². The number of nitro benzene ring substituents is 1. The molecule has 0 aromatic heterocycles. The predicted octanol–water partition coefficient (Wildman–Crippen LogP) is 1.09. The van der Waals surface area contributed by atoms with Crippen LogP contribution in [-0.4, -0.2) is 32.3 Å². The molecule has 0 aliphatic heterocycles. The van der Waals surface area contributed by atoms with Gasteiger partial charge in [0.15, 0.2) is 6.10 Å². The molecule has 7 nitrogen and oxygen atoms in total. The first-order valence-corrected chi connectivity index (χ1v) is 5.00. The Hall–Kier alpha value is -2.20. The number of aliphatic hydroxyl groups is 2. The Bertz CT molecular complexity index is 544. The Labute approximate surface area is 109 Å². The van der Waals surface area contributed by atoms with Gasteiger partial charge >= 0.3 is 12.1 Å². The molecule has 0 aliphatic rings. The van der Waals surface area contributed by atoms with Crippen molar-refractivity contribution in [1.29, 1.82) is 0 Å². The van der Waals surface area contributed by atoms with E-state index in [4.69, 9.17) is 10.2 Å². The number of carboxylic acid groups (broad SMARTS) is 1. The van der Waals surface area contributed by atoms with Crippen molar-refractivity contribution in [3.63, 3.8) is 0 Å². The molecule has 1 aromatic rings. The Kier molecular flexibility index (Phi) is 4.30. The van der Waals surface area contributed by atoms with Gasteiger partial charge in [-0.05, 0) is 11.6 Å². The molecule has 0 amide bonds. The van der Waals surface area contributed by atoms with E-state index in [1.165, 1.54) is 0 Å². The number of aliphatic hydroxyl groups excluding tert-OH is 2. The minimum atomic E-state index is -4.97. The van der Waals surface area contributed by atoms with E-state index < -0.39 is 46.1 Å². The summed E-state index contributed by atoms with van der Waals surface area (Å²) >= 11 is 0. The second kappa shape index (κ2) is 5.43. The van der Waals surface area contributed by atoms with E-state index in [1.54, 1.807) is 0 Å². The van der Waals surface area contributed by atoms with Gasteiger partial charge in [0.05, 0.1) is 4.92 Å². The number of aliphatic carboxylic acids is 1. The second-order valence-corrected chi connectivity index (χ2v) is 3.76. The molecule has 0 radical (unpaired) electrons. The lowest BCUT2D eigenvalue weighted by atomic mass is 10.0. The third kappa shape index (κ3) is 3.22. The largest absolute Gasteiger partial charge is 0.479 e. The highest BCUT2D eigenvalue weighted by atomic mass is 19.4. The van der Waals surface area contributed by atoms with Crippen molar-refractivity contribution in [2.75, 3.05) is 0 Å². The molecule has 0 fully saturated rings. The highest BCUT2D eigenvalue weighted by molar-refractivity contribution is 5.73. The summed E-state index contributed by atoms with van der Waals surface area (Å²) in [6, 6.07) is 1.37. The van der Waals surface area contributed by atoms with E-state index in [-0.39, 0.29) is 0 Å². The van der Waals surface area contributed by atoms with Gasteiger partial charge in [-0.2, -0.15) is 13.2 Å². The van der Waals surface area contributed by atoms with Gasteiger partial charge in [-0.15, -0.1) is 0 Å². The van der Waals surface area contributed by atoms with Gasteiger partial charge in [0.1, 0.15) is 11.7 Å². The fourth-order valence-corrected chi connectivity index (χ4v) is 1.44. The van der Waals surface area contributed by atoms with Crippen LogP contribution in [-0.2, 0) is 11.0 Å². The summed E-state index contributed by atoms with van der Waals surface area (Å²) in [5, 5.41) is 37.5. The average Bonchev–Trinajstić information content (AvgIpc) is 2.34. The molecule has 0 aliphatic carbocycles. The molecule has 0 heterocycles. The van der Waals surface area contributed by atoms with Gasteiger partial charge in [0.2, 0.25) is 0 Å². The van der Waals surface area contributed by atoms with Crippen LogP contribution in [0.15, 0.2) is 18.2 Å². The summed E-state index contributed by atoms with van der Waals surface area (Å²) in [4.78, 5) is 19.7. The van der Waals surface area contributed by atoms with Crippen LogP contribution in [0.3, 0.4) is 0 Å². The fourth-order valence-electron chi connectivity index (χ4n) is 1.44. The first-order valence-electron chi connectivity index (χ1n) is 5.00. The normalized spacial score (nSPS) is 14.7. The molecular weight excluding hydrogens is 287 g/mol. The summed E-state index contributed by atoms with van der Waals surface area (Å²) < 4.78 is 37.6. The number of nitrogens with zero attached hydrogens (tertiary/aromatic N) is 1. The van der Waals surface area contributed by atoms with Crippen LogP contribution in [0.1, 0.15) is 17.2 Å². The summed E-state index contributed by atoms with van der Waals surface area (Å²) in [7, 11) is 0. The highest BCUT2D eigenvalue weighted by Crippen LogP contribution is 2.37. The predicted molar refractivity (Wildman–Crippen MR) is 56.7 cm³/mol. The number of alkyl halides is 3.